The standard InChI is InChI=1S/BH5O4Si/c2-1(3)4-5-6/h2-3H,6H3. The van der Waals surface area contributed by atoms with Gasteiger partial charge in [-0.3, -0.25) is 0 Å². The minimum absolute atomic E-state index is 0.345. The predicted molar refractivity (Wildman–Crippen MR) is 22.3 cm³/mol. The molecular formula is H5BO4Si. The second-order valence-corrected chi connectivity index (χ2v) is 0.923. The molecule has 0 aromatic heterocycles. The van der Waals surface area contributed by atoms with E-state index in [4.69, 9.17) is 10.0 Å². The Bertz CT molecular complexity index is 28.7. The molecule has 36 valence electrons. The van der Waals surface area contributed by atoms with Crippen LogP contribution in [0.3, 0.4) is 0 Å². The normalized spacial score (nSPS) is 9.00. The van der Waals surface area contributed by atoms with Crippen LogP contribution in [0.25, 0.3) is 0 Å². The van der Waals surface area contributed by atoms with E-state index in [1.165, 1.54) is 0 Å². The zero-order valence-electron chi connectivity index (χ0n) is 3.29. The lowest BCUT2D eigenvalue weighted by atomic mass is 10.3. The van der Waals surface area contributed by atoms with Crippen molar-refractivity contribution in [1.82, 2.24) is 0 Å². The predicted octanol–water partition coefficient (Wildman–Crippen LogP) is -2.82. The number of hydrogen-bond acceptors (Lipinski definition) is 4. The summed E-state index contributed by atoms with van der Waals surface area (Å²) in [5, 5.41) is 15.6. The Kier molecular flexibility index (Phi) is 3.38. The minimum Gasteiger partial charge on any atom is -0.400 e. The highest BCUT2D eigenvalue weighted by atomic mass is 28.2. The Hall–Kier alpha value is 0.122. The fourth-order valence-electron chi connectivity index (χ4n) is 0.0861. The molecular weight excluding hydrogens is 103 g/mol. The first-order valence-corrected chi connectivity index (χ1v) is 2.14. The zero-order chi connectivity index (χ0) is 4.99. The molecule has 0 rings (SSSR count). The van der Waals surface area contributed by atoms with Gasteiger partial charge < -0.3 is 14.6 Å². The van der Waals surface area contributed by atoms with Crippen LogP contribution in [0.5, 0.6) is 0 Å². The molecule has 0 aliphatic carbocycles. The average Bonchev–Trinajstić information content (AvgIpc) is 1.35. The van der Waals surface area contributed by atoms with Gasteiger partial charge in [0.25, 0.3) is 0 Å². The van der Waals surface area contributed by atoms with Gasteiger partial charge in [0.2, 0.25) is 0 Å². The van der Waals surface area contributed by atoms with E-state index in [1.54, 1.807) is 0 Å². The molecule has 0 bridgehead atoms. The molecule has 0 radical (unpaired) electrons. The Balaban J connectivity index is 2.63. The van der Waals surface area contributed by atoms with Crippen LogP contribution in [0, 0.1) is 0 Å². The van der Waals surface area contributed by atoms with Crippen LogP contribution < -0.4 is 0 Å². The second-order valence-electron chi connectivity index (χ2n) is 0.589. The SMILES string of the molecule is OB(O)OO[SiH3]. The van der Waals surface area contributed by atoms with E-state index in [9.17, 15) is 0 Å². The van der Waals surface area contributed by atoms with Gasteiger partial charge in [0.15, 0.2) is 10.5 Å². The fraction of sp³-hybridized carbons (Fsp3) is 0. The van der Waals surface area contributed by atoms with Gasteiger partial charge in [-0.15, -0.1) is 0 Å². The van der Waals surface area contributed by atoms with E-state index in [2.05, 4.69) is 9.38 Å². The molecule has 0 saturated heterocycles. The van der Waals surface area contributed by atoms with Crippen molar-refractivity contribution < 1.29 is 19.4 Å². The molecule has 2 N–H and O–H groups in total. The van der Waals surface area contributed by atoms with Gasteiger partial charge in [0.05, 0.1) is 0 Å². The summed E-state index contributed by atoms with van der Waals surface area (Å²) < 4.78 is 3.94. The van der Waals surface area contributed by atoms with Crippen molar-refractivity contribution >= 4 is 17.8 Å². The summed E-state index contributed by atoms with van der Waals surface area (Å²) in [5.74, 6) is 0. The fourth-order valence-corrected chi connectivity index (χ4v) is 0.258. The van der Waals surface area contributed by atoms with Gasteiger partial charge in [-0.05, 0) is 0 Å². The summed E-state index contributed by atoms with van der Waals surface area (Å²) in [4.78, 5) is 3.71. The molecule has 6 heavy (non-hydrogen) atoms. The van der Waals surface area contributed by atoms with Crippen LogP contribution in [0.2, 0.25) is 0 Å². The topological polar surface area (TPSA) is 58.9 Å². The number of rotatable bonds is 2. The maximum absolute atomic E-state index is 7.78. The third-order valence-corrected chi connectivity index (χ3v) is 0.375. The Morgan fingerprint density at radius 1 is 1.50 bits per heavy atom. The minimum atomic E-state index is -1.79. The first kappa shape index (κ1) is 6.12. The summed E-state index contributed by atoms with van der Waals surface area (Å²) in [6.45, 7) is 0. The third-order valence-electron chi connectivity index (χ3n) is 0.182. The summed E-state index contributed by atoms with van der Waals surface area (Å²) >= 11 is 0. The van der Waals surface area contributed by atoms with Crippen LogP contribution in [0.1, 0.15) is 0 Å². The first-order chi connectivity index (χ1) is 2.77. The number of hydrogen-bond donors (Lipinski definition) is 2. The van der Waals surface area contributed by atoms with Crippen LogP contribution in [-0.2, 0) is 9.38 Å². The van der Waals surface area contributed by atoms with Gasteiger partial charge in [0.1, 0.15) is 0 Å². The van der Waals surface area contributed by atoms with Crippen LogP contribution in [0.4, 0.5) is 0 Å². The lowest BCUT2D eigenvalue weighted by Gasteiger charge is -1.92. The quantitative estimate of drug-likeness (QED) is 0.227. The van der Waals surface area contributed by atoms with Crippen LogP contribution in [0.15, 0.2) is 0 Å². The molecule has 0 saturated carbocycles. The van der Waals surface area contributed by atoms with Crippen LogP contribution in [-0.4, -0.2) is 27.9 Å². The largest absolute Gasteiger partial charge is 0.661 e. The van der Waals surface area contributed by atoms with Gasteiger partial charge in [-0.1, -0.05) is 0 Å². The van der Waals surface area contributed by atoms with Crippen molar-refractivity contribution in [2.45, 2.75) is 0 Å². The summed E-state index contributed by atoms with van der Waals surface area (Å²) in [5.41, 5.74) is 0. The van der Waals surface area contributed by atoms with Crippen molar-refractivity contribution in [3.63, 3.8) is 0 Å². The second kappa shape index (κ2) is 3.32. The molecule has 0 unspecified atom stereocenters. The van der Waals surface area contributed by atoms with Crippen molar-refractivity contribution in [1.29, 1.82) is 0 Å². The van der Waals surface area contributed by atoms with E-state index in [-0.39, 0.29) is 0 Å². The maximum atomic E-state index is 7.78. The third kappa shape index (κ3) is 4.12. The molecule has 0 heterocycles. The van der Waals surface area contributed by atoms with Crippen molar-refractivity contribution in [3.8, 4) is 0 Å². The van der Waals surface area contributed by atoms with E-state index in [0.29, 0.717) is 10.5 Å². The smallest absolute Gasteiger partial charge is 0.400 e. The molecule has 6 heteroatoms. The van der Waals surface area contributed by atoms with E-state index in [0.717, 1.165) is 0 Å². The van der Waals surface area contributed by atoms with Gasteiger partial charge in [-0.2, -0.15) is 0 Å². The molecule has 0 aliphatic heterocycles. The van der Waals surface area contributed by atoms with E-state index < -0.39 is 7.32 Å². The van der Waals surface area contributed by atoms with Crippen molar-refractivity contribution in [2.75, 3.05) is 0 Å². The Morgan fingerprint density at radius 3 is 2.00 bits per heavy atom. The van der Waals surface area contributed by atoms with Crippen molar-refractivity contribution in [3.05, 3.63) is 0 Å². The lowest BCUT2D eigenvalue weighted by Crippen LogP contribution is -2.15. The molecule has 4 nitrogen and oxygen atoms in total. The maximum Gasteiger partial charge on any atom is 0.661 e. The monoisotopic (exact) mass is 108 g/mol. The molecule has 0 aromatic carbocycles. The molecule has 0 amide bonds. The molecule has 0 atom stereocenters. The summed E-state index contributed by atoms with van der Waals surface area (Å²) in [6, 6.07) is 0. The average molecular weight is 108 g/mol. The van der Waals surface area contributed by atoms with Crippen LogP contribution >= 0.6 is 0 Å². The molecule has 0 spiro atoms. The highest BCUT2D eigenvalue weighted by Crippen LogP contribution is 1.68. The summed E-state index contributed by atoms with van der Waals surface area (Å²) in [7, 11) is -1.44. The molecule has 0 aromatic rings. The highest BCUT2D eigenvalue weighted by Gasteiger charge is 2.05. The Morgan fingerprint density at radius 2 is 2.00 bits per heavy atom. The summed E-state index contributed by atoms with van der Waals surface area (Å²) in [6.07, 6.45) is 0. The zero-order valence-corrected chi connectivity index (χ0v) is 5.29. The Labute approximate surface area is 38.3 Å². The van der Waals surface area contributed by atoms with Gasteiger partial charge >= 0.3 is 7.32 Å². The molecule has 0 aliphatic rings. The highest BCUT2D eigenvalue weighted by molar-refractivity contribution is 6.32. The van der Waals surface area contributed by atoms with Crippen molar-refractivity contribution in [2.24, 2.45) is 0 Å². The molecule has 0 fully saturated rings. The van der Waals surface area contributed by atoms with E-state index in [1.807, 2.05) is 0 Å². The van der Waals surface area contributed by atoms with Gasteiger partial charge in [-0.25, -0.2) is 4.81 Å². The van der Waals surface area contributed by atoms with E-state index >= 15 is 0 Å². The van der Waals surface area contributed by atoms with Gasteiger partial charge in [0, 0.05) is 0 Å². The first-order valence-electron chi connectivity index (χ1n) is 1.33. The lowest BCUT2D eigenvalue weighted by molar-refractivity contribution is -0.132.